The van der Waals surface area contributed by atoms with Crippen LogP contribution in [0.15, 0.2) is 11.6 Å². The molecular weight excluding hydrogens is 222 g/mol. The van der Waals surface area contributed by atoms with Gasteiger partial charge in [0.05, 0.1) is 19.8 Å². The van der Waals surface area contributed by atoms with E-state index >= 15 is 0 Å². The van der Waals surface area contributed by atoms with Gasteiger partial charge in [0.1, 0.15) is 0 Å². The highest BCUT2D eigenvalue weighted by Gasteiger charge is 2.09. The monoisotopic (exact) mass is 245 g/mol. The molecule has 1 atom stereocenters. The third-order valence-corrected chi connectivity index (χ3v) is 2.36. The summed E-state index contributed by atoms with van der Waals surface area (Å²) in [4.78, 5) is 13.2. The van der Waals surface area contributed by atoms with Crippen molar-refractivity contribution in [3.05, 3.63) is 11.6 Å². The number of ether oxygens (including phenoxy) is 2. The minimum Gasteiger partial charge on any atom is -0.466 e. The molecule has 1 unspecified atom stereocenters. The molecule has 0 amide bonds. The van der Waals surface area contributed by atoms with E-state index in [-0.39, 0.29) is 5.97 Å². The van der Waals surface area contributed by atoms with E-state index in [9.17, 15) is 9.90 Å². The maximum atomic E-state index is 11.3. The molecule has 0 aromatic heterocycles. The topological polar surface area (TPSA) is 59.0 Å². The van der Waals surface area contributed by atoms with Gasteiger partial charge in [-0.1, -0.05) is 13.0 Å². The molecule has 0 heterocycles. The molecule has 0 saturated carbocycles. The molecule has 5 nitrogen and oxygen atoms in total. The summed E-state index contributed by atoms with van der Waals surface area (Å²) in [5, 5.41) is 9.52. The van der Waals surface area contributed by atoms with E-state index in [0.29, 0.717) is 31.7 Å². The number of hydrogen-bond acceptors (Lipinski definition) is 5. The number of esters is 1. The maximum Gasteiger partial charge on any atom is 0.333 e. The number of methoxy groups -OCH3 is 2. The first-order chi connectivity index (χ1) is 8.04. The first-order valence-electron chi connectivity index (χ1n) is 5.68. The summed E-state index contributed by atoms with van der Waals surface area (Å²) in [6.07, 6.45) is 1.95. The van der Waals surface area contributed by atoms with Crippen LogP contribution < -0.4 is 0 Å². The number of carbonyl (C=O) groups is 1. The van der Waals surface area contributed by atoms with Gasteiger partial charge >= 0.3 is 5.97 Å². The van der Waals surface area contributed by atoms with Crippen molar-refractivity contribution in [1.29, 1.82) is 0 Å². The zero-order chi connectivity index (χ0) is 13.3. The Bertz CT molecular complexity index is 253. The lowest BCUT2D eigenvalue weighted by Crippen LogP contribution is -2.32. The van der Waals surface area contributed by atoms with Crippen molar-refractivity contribution in [3.8, 4) is 0 Å². The second-order valence-electron chi connectivity index (χ2n) is 3.90. The number of aliphatic hydroxyl groups excluding tert-OH is 1. The van der Waals surface area contributed by atoms with Gasteiger partial charge < -0.3 is 19.5 Å². The van der Waals surface area contributed by atoms with E-state index in [0.717, 1.165) is 0 Å². The van der Waals surface area contributed by atoms with Crippen molar-refractivity contribution in [2.45, 2.75) is 19.4 Å². The minimum absolute atomic E-state index is 0.293. The molecule has 0 rings (SSSR count). The predicted molar refractivity (Wildman–Crippen MR) is 65.8 cm³/mol. The van der Waals surface area contributed by atoms with Crippen LogP contribution in [-0.2, 0) is 14.3 Å². The molecule has 1 N–H and O–H groups in total. The molecule has 100 valence electrons. The standard InChI is InChI=1S/C12H23NO4/c1-5-10(12(15)17-4)6-7-13(2)8-11(14)9-16-3/h6,11,14H,5,7-9H2,1-4H3. The summed E-state index contributed by atoms with van der Waals surface area (Å²) < 4.78 is 9.50. The van der Waals surface area contributed by atoms with Gasteiger partial charge in [0, 0.05) is 25.8 Å². The molecule has 0 aliphatic heterocycles. The lowest BCUT2D eigenvalue weighted by atomic mass is 10.2. The zero-order valence-corrected chi connectivity index (χ0v) is 11.1. The first-order valence-corrected chi connectivity index (χ1v) is 5.68. The molecule has 0 aliphatic carbocycles. The number of likely N-dealkylation sites (N-methyl/N-ethyl adjacent to an activating group) is 1. The van der Waals surface area contributed by atoms with Crippen LogP contribution in [0.2, 0.25) is 0 Å². The summed E-state index contributed by atoms with van der Waals surface area (Å²) in [6.45, 7) is 3.32. The van der Waals surface area contributed by atoms with Crippen molar-refractivity contribution < 1.29 is 19.4 Å². The van der Waals surface area contributed by atoms with Crippen LogP contribution in [0, 0.1) is 0 Å². The zero-order valence-electron chi connectivity index (χ0n) is 11.1. The number of hydrogen-bond donors (Lipinski definition) is 1. The van der Waals surface area contributed by atoms with Gasteiger partial charge in [-0.05, 0) is 13.5 Å². The Morgan fingerprint density at radius 1 is 1.47 bits per heavy atom. The van der Waals surface area contributed by atoms with Crippen LogP contribution >= 0.6 is 0 Å². The predicted octanol–water partition coefficient (Wildman–Crippen LogP) is 0.435. The second-order valence-corrected chi connectivity index (χ2v) is 3.90. The molecule has 0 bridgehead atoms. The number of carbonyl (C=O) groups excluding carboxylic acids is 1. The van der Waals surface area contributed by atoms with Gasteiger partial charge in [-0.25, -0.2) is 4.79 Å². The van der Waals surface area contributed by atoms with E-state index in [1.807, 2.05) is 24.9 Å². The van der Waals surface area contributed by atoms with E-state index in [1.54, 1.807) is 7.11 Å². The van der Waals surface area contributed by atoms with E-state index in [1.165, 1.54) is 7.11 Å². The quantitative estimate of drug-likeness (QED) is 0.496. The summed E-state index contributed by atoms with van der Waals surface area (Å²) in [5.41, 5.74) is 0.653. The van der Waals surface area contributed by atoms with Crippen molar-refractivity contribution in [2.75, 3.05) is 41.0 Å². The van der Waals surface area contributed by atoms with Gasteiger partial charge in [0.25, 0.3) is 0 Å². The number of aliphatic hydroxyl groups is 1. The van der Waals surface area contributed by atoms with Crippen molar-refractivity contribution >= 4 is 5.97 Å². The molecule has 0 aliphatic rings. The van der Waals surface area contributed by atoms with Gasteiger partial charge in [0.15, 0.2) is 0 Å². The molecule has 0 saturated heterocycles. The summed E-state index contributed by atoms with van der Waals surface area (Å²) in [7, 11) is 4.80. The van der Waals surface area contributed by atoms with Crippen molar-refractivity contribution in [3.63, 3.8) is 0 Å². The van der Waals surface area contributed by atoms with Crippen LogP contribution in [0.5, 0.6) is 0 Å². The molecule has 0 aromatic rings. The molecule has 0 aromatic carbocycles. The smallest absolute Gasteiger partial charge is 0.333 e. The Kier molecular flexibility index (Phi) is 8.66. The average molecular weight is 245 g/mol. The Balaban J connectivity index is 4.14. The van der Waals surface area contributed by atoms with Gasteiger partial charge in [-0.3, -0.25) is 0 Å². The SMILES string of the molecule is CCC(=CCN(C)CC(O)COC)C(=O)OC. The van der Waals surface area contributed by atoms with E-state index < -0.39 is 6.10 Å². The summed E-state index contributed by atoms with van der Waals surface area (Å²) in [6, 6.07) is 0. The molecule has 0 spiro atoms. The van der Waals surface area contributed by atoms with E-state index in [4.69, 9.17) is 4.74 Å². The van der Waals surface area contributed by atoms with Crippen molar-refractivity contribution in [1.82, 2.24) is 4.90 Å². The summed E-state index contributed by atoms with van der Waals surface area (Å²) >= 11 is 0. The molecular formula is C12H23NO4. The van der Waals surface area contributed by atoms with Gasteiger partial charge in [-0.15, -0.1) is 0 Å². The Morgan fingerprint density at radius 2 is 2.12 bits per heavy atom. The normalized spacial score (nSPS) is 13.9. The van der Waals surface area contributed by atoms with Gasteiger partial charge in [-0.2, -0.15) is 0 Å². The largest absolute Gasteiger partial charge is 0.466 e. The van der Waals surface area contributed by atoms with Crippen LogP contribution in [-0.4, -0.2) is 63.0 Å². The Labute approximate surface area is 103 Å². The Hall–Kier alpha value is -0.910. The maximum absolute atomic E-state index is 11.3. The average Bonchev–Trinajstić information content (AvgIpc) is 2.29. The van der Waals surface area contributed by atoms with Crippen LogP contribution in [0.1, 0.15) is 13.3 Å². The number of nitrogens with zero attached hydrogens (tertiary/aromatic N) is 1. The highest BCUT2D eigenvalue weighted by Crippen LogP contribution is 2.03. The Morgan fingerprint density at radius 3 is 2.59 bits per heavy atom. The molecule has 5 heteroatoms. The highest BCUT2D eigenvalue weighted by molar-refractivity contribution is 5.88. The lowest BCUT2D eigenvalue weighted by Gasteiger charge is -2.18. The van der Waals surface area contributed by atoms with E-state index in [2.05, 4.69) is 4.74 Å². The first kappa shape index (κ1) is 16.1. The van der Waals surface area contributed by atoms with Crippen LogP contribution in [0.4, 0.5) is 0 Å². The number of rotatable bonds is 8. The third-order valence-electron chi connectivity index (χ3n) is 2.36. The second kappa shape index (κ2) is 9.15. The van der Waals surface area contributed by atoms with Crippen LogP contribution in [0.3, 0.4) is 0 Å². The van der Waals surface area contributed by atoms with Crippen molar-refractivity contribution in [2.24, 2.45) is 0 Å². The fourth-order valence-corrected chi connectivity index (χ4v) is 1.45. The van der Waals surface area contributed by atoms with Gasteiger partial charge in [0.2, 0.25) is 0 Å². The summed E-state index contributed by atoms with van der Waals surface area (Å²) in [5.74, 6) is -0.293. The van der Waals surface area contributed by atoms with Crippen LogP contribution in [0.25, 0.3) is 0 Å². The fourth-order valence-electron chi connectivity index (χ4n) is 1.45. The molecule has 0 fully saturated rings. The molecule has 0 radical (unpaired) electrons. The lowest BCUT2D eigenvalue weighted by molar-refractivity contribution is -0.136. The molecule has 17 heavy (non-hydrogen) atoms. The minimum atomic E-state index is -0.512. The fraction of sp³-hybridized carbons (Fsp3) is 0.750. The highest BCUT2D eigenvalue weighted by atomic mass is 16.5. The third kappa shape index (κ3) is 7.10.